The lowest BCUT2D eigenvalue weighted by atomic mass is 10.0. The molecule has 3 atom stereocenters. The van der Waals surface area contributed by atoms with Gasteiger partial charge in [0, 0.05) is 16.9 Å². The van der Waals surface area contributed by atoms with Crippen molar-refractivity contribution in [3.8, 4) is 0 Å². The number of carbonyl (C=O) groups excluding carboxylic acids is 2. The van der Waals surface area contributed by atoms with Gasteiger partial charge in [-0.25, -0.2) is 0 Å². The minimum Gasteiger partial charge on any atom is -0.481 e. The van der Waals surface area contributed by atoms with E-state index in [9.17, 15) is 14.4 Å². The number of carboxylic acids is 1. The van der Waals surface area contributed by atoms with Crippen LogP contribution in [0.15, 0.2) is 22.6 Å². The molecule has 0 aliphatic heterocycles. The number of Topliss-reactive ketones (excluding diaryl/α,β-unsaturated/α-hetero) is 1. The number of carboxylic acid groups (broad SMARTS) is 1. The number of ether oxygens (including phenoxy) is 1. The van der Waals surface area contributed by atoms with Crippen LogP contribution in [0.25, 0.3) is 11.0 Å². The number of aryl methyl sites for hydroxylation is 1. The zero-order valence-corrected chi connectivity index (χ0v) is 17.7. The Morgan fingerprint density at radius 1 is 1.24 bits per heavy atom. The Kier molecular flexibility index (Phi) is 5.74. The van der Waals surface area contributed by atoms with Gasteiger partial charge in [0.2, 0.25) is 0 Å². The van der Waals surface area contributed by atoms with Crippen molar-refractivity contribution < 1.29 is 33.1 Å². The topological polar surface area (TPSA) is 93.8 Å². The van der Waals surface area contributed by atoms with E-state index in [0.29, 0.717) is 39.4 Å². The number of quaternary nitrogens is 1. The van der Waals surface area contributed by atoms with Crippen molar-refractivity contribution in [2.24, 2.45) is 11.8 Å². The first-order chi connectivity index (χ1) is 13.4. The quantitative estimate of drug-likeness (QED) is 0.398. The summed E-state index contributed by atoms with van der Waals surface area (Å²) in [5.41, 5.74) is 0.960. The normalized spacial score (nSPS) is 19.8. The molecule has 0 amide bonds. The van der Waals surface area contributed by atoms with Crippen LogP contribution in [0.3, 0.4) is 0 Å². The highest BCUT2D eigenvalue weighted by atomic mass is 35.5. The third-order valence-corrected chi connectivity index (χ3v) is 5.13. The average Bonchev–Trinajstić information content (AvgIpc) is 3.27. The molecule has 1 heterocycles. The first-order valence-electron chi connectivity index (χ1n) is 9.41. The first-order valence-corrected chi connectivity index (χ1v) is 9.79. The summed E-state index contributed by atoms with van der Waals surface area (Å²) in [7, 11) is 5.68. The number of halogens is 1. The van der Waals surface area contributed by atoms with Crippen LogP contribution in [0.4, 0.5) is 0 Å². The molecule has 1 aromatic heterocycles. The number of likely N-dealkylation sites (N-methyl/N-ethyl adjacent to an activating group) is 1. The summed E-state index contributed by atoms with van der Waals surface area (Å²) in [6.07, 6.45) is -0.614. The lowest BCUT2D eigenvalue weighted by Crippen LogP contribution is -2.44. The number of rotatable bonds is 8. The Morgan fingerprint density at radius 2 is 1.93 bits per heavy atom. The molecule has 1 fully saturated rings. The highest BCUT2D eigenvalue weighted by molar-refractivity contribution is 6.35. The van der Waals surface area contributed by atoms with E-state index in [1.165, 1.54) is 0 Å². The summed E-state index contributed by atoms with van der Waals surface area (Å²) >= 11 is 6.23. The molecule has 7 nitrogen and oxygen atoms in total. The van der Waals surface area contributed by atoms with Crippen LogP contribution >= 0.6 is 11.6 Å². The van der Waals surface area contributed by atoms with Crippen molar-refractivity contribution in [3.05, 3.63) is 34.5 Å². The van der Waals surface area contributed by atoms with Gasteiger partial charge in [-0.2, -0.15) is 0 Å². The Labute approximate surface area is 173 Å². The van der Waals surface area contributed by atoms with E-state index >= 15 is 0 Å². The van der Waals surface area contributed by atoms with Crippen LogP contribution in [0.5, 0.6) is 0 Å². The minimum absolute atomic E-state index is 0.170. The van der Waals surface area contributed by atoms with Gasteiger partial charge in [-0.1, -0.05) is 11.6 Å². The fourth-order valence-corrected chi connectivity index (χ4v) is 3.81. The Bertz CT molecular complexity index is 973. The van der Waals surface area contributed by atoms with Gasteiger partial charge in [-0.05, 0) is 31.5 Å². The predicted molar refractivity (Wildman–Crippen MR) is 107 cm³/mol. The van der Waals surface area contributed by atoms with Gasteiger partial charge in [0.05, 0.1) is 38.5 Å². The second-order valence-electron chi connectivity index (χ2n) is 8.68. The van der Waals surface area contributed by atoms with Crippen LogP contribution in [0, 0.1) is 18.8 Å². The van der Waals surface area contributed by atoms with E-state index in [0.717, 1.165) is 5.39 Å². The summed E-state index contributed by atoms with van der Waals surface area (Å²) < 4.78 is 11.4. The van der Waals surface area contributed by atoms with Crippen LogP contribution in [-0.2, 0) is 14.3 Å². The number of nitrogens with zero attached hydrogens (tertiary/aromatic N) is 1. The van der Waals surface area contributed by atoms with E-state index in [1.54, 1.807) is 25.1 Å². The number of hydrogen-bond acceptors (Lipinski definition) is 5. The molecule has 3 rings (SSSR count). The summed E-state index contributed by atoms with van der Waals surface area (Å²) in [6, 6.07) is 5.07. The Hall–Kier alpha value is -2.38. The molecule has 2 aromatic rings. The van der Waals surface area contributed by atoms with Gasteiger partial charge >= 0.3 is 11.9 Å². The van der Waals surface area contributed by atoms with Crippen LogP contribution in [-0.4, -0.2) is 61.1 Å². The largest absolute Gasteiger partial charge is 0.481 e. The van der Waals surface area contributed by atoms with E-state index < -0.39 is 29.9 Å². The smallest absolute Gasteiger partial charge is 0.310 e. The van der Waals surface area contributed by atoms with Crippen molar-refractivity contribution in [1.82, 2.24) is 0 Å². The number of furan rings is 1. The van der Waals surface area contributed by atoms with Crippen LogP contribution in [0.2, 0.25) is 5.02 Å². The zero-order chi connectivity index (χ0) is 21.5. The molecule has 1 N–H and O–H groups in total. The third kappa shape index (κ3) is 5.16. The molecular formula is C21H25ClNO6+. The van der Waals surface area contributed by atoms with Crippen LogP contribution < -0.4 is 0 Å². The van der Waals surface area contributed by atoms with E-state index in [1.807, 2.05) is 21.1 Å². The van der Waals surface area contributed by atoms with Crippen molar-refractivity contribution >= 4 is 40.3 Å². The third-order valence-electron chi connectivity index (χ3n) is 4.85. The number of aliphatic carboxylic acids is 1. The van der Waals surface area contributed by atoms with Gasteiger partial charge in [0.15, 0.2) is 17.5 Å². The molecule has 1 aliphatic rings. The molecule has 1 unspecified atom stereocenters. The monoisotopic (exact) mass is 422 g/mol. The van der Waals surface area contributed by atoms with Crippen molar-refractivity contribution in [2.45, 2.75) is 25.9 Å². The minimum atomic E-state index is -1.03. The zero-order valence-electron chi connectivity index (χ0n) is 16.9. The molecule has 1 aliphatic carbocycles. The molecule has 29 heavy (non-hydrogen) atoms. The average molecular weight is 423 g/mol. The lowest BCUT2D eigenvalue weighted by molar-refractivity contribution is -0.873. The second kappa shape index (κ2) is 7.80. The number of carbonyl (C=O) groups is 3. The molecule has 1 aromatic carbocycles. The molecule has 1 saturated carbocycles. The summed E-state index contributed by atoms with van der Waals surface area (Å²) in [6.45, 7) is 2.17. The number of hydrogen-bond donors (Lipinski definition) is 1. The maximum absolute atomic E-state index is 12.8. The number of esters is 1. The molecule has 0 radical (unpaired) electrons. The highest BCUT2D eigenvalue weighted by Gasteiger charge is 2.50. The number of benzene rings is 1. The summed E-state index contributed by atoms with van der Waals surface area (Å²) in [5, 5.41) is 10.2. The van der Waals surface area contributed by atoms with E-state index in [2.05, 4.69) is 0 Å². The van der Waals surface area contributed by atoms with Gasteiger partial charge in [-0.3, -0.25) is 14.4 Å². The molecule has 8 heteroatoms. The Balaban J connectivity index is 1.68. The standard InChI is InChI=1S/C21H24ClNO6/c1-11-5-13-6-12(7-17(22)20(13)28-11)19(26)15-9-16(15)21(27)29-14(8-18(24)25)10-23(2,3)4/h5-7,14-16H,8-10H2,1-4H3/p+1/t14?,15-,16-/m0/s1. The lowest BCUT2D eigenvalue weighted by Gasteiger charge is -2.28. The first kappa shape index (κ1) is 21.3. The number of fused-ring (bicyclic) bond motifs is 1. The van der Waals surface area contributed by atoms with E-state index in [-0.39, 0.29) is 12.2 Å². The van der Waals surface area contributed by atoms with Gasteiger partial charge in [0.25, 0.3) is 0 Å². The number of ketones is 1. The predicted octanol–water partition coefficient (Wildman–Crippen LogP) is 3.31. The molecule has 0 bridgehead atoms. The maximum atomic E-state index is 12.8. The Morgan fingerprint density at radius 3 is 2.55 bits per heavy atom. The molecule has 156 valence electrons. The molecule has 0 spiro atoms. The SMILES string of the molecule is Cc1cc2cc(C(=O)[C@H]3C[C@@H]3C(=O)OC(CC(=O)O)C[N+](C)(C)C)cc(Cl)c2o1. The van der Waals surface area contributed by atoms with Gasteiger partial charge < -0.3 is 18.7 Å². The fourth-order valence-electron chi connectivity index (χ4n) is 3.54. The highest BCUT2D eigenvalue weighted by Crippen LogP contribution is 2.43. The summed E-state index contributed by atoms with van der Waals surface area (Å²) in [5.74, 6) is -2.05. The van der Waals surface area contributed by atoms with Crippen LogP contribution in [0.1, 0.15) is 29.0 Å². The molecule has 0 saturated heterocycles. The van der Waals surface area contributed by atoms with E-state index in [4.69, 9.17) is 25.9 Å². The van der Waals surface area contributed by atoms with Crippen molar-refractivity contribution in [1.29, 1.82) is 0 Å². The fraction of sp³-hybridized carbons (Fsp3) is 0.476. The van der Waals surface area contributed by atoms with Gasteiger partial charge in [0.1, 0.15) is 12.3 Å². The second-order valence-corrected chi connectivity index (χ2v) is 9.08. The van der Waals surface area contributed by atoms with Gasteiger partial charge in [-0.15, -0.1) is 0 Å². The van der Waals surface area contributed by atoms with Crippen molar-refractivity contribution in [3.63, 3.8) is 0 Å². The van der Waals surface area contributed by atoms with Crippen molar-refractivity contribution in [2.75, 3.05) is 27.7 Å². The maximum Gasteiger partial charge on any atom is 0.310 e. The molecular weight excluding hydrogens is 398 g/mol. The summed E-state index contributed by atoms with van der Waals surface area (Å²) in [4.78, 5) is 36.4.